The van der Waals surface area contributed by atoms with Gasteiger partial charge in [0.25, 0.3) is 0 Å². The number of hydrogen-bond acceptors (Lipinski definition) is 2. The molecular formula is C11H21F3N2. The summed E-state index contributed by atoms with van der Waals surface area (Å²) >= 11 is 0. The lowest BCUT2D eigenvalue weighted by atomic mass is 9.88. The lowest BCUT2D eigenvalue weighted by molar-refractivity contribution is -0.151. The smallest absolute Gasteiger partial charge is 0.316 e. The quantitative estimate of drug-likeness (QED) is 0.789. The topological polar surface area (TPSA) is 15.3 Å². The summed E-state index contributed by atoms with van der Waals surface area (Å²) in [5.41, 5.74) is 0. The Balaban J connectivity index is 2.43. The fourth-order valence-corrected chi connectivity index (χ4v) is 1.92. The van der Waals surface area contributed by atoms with E-state index in [9.17, 15) is 13.2 Å². The maximum absolute atomic E-state index is 12.4. The molecule has 0 radical (unpaired) electrons. The van der Waals surface area contributed by atoms with Crippen LogP contribution in [0.2, 0.25) is 0 Å². The van der Waals surface area contributed by atoms with Gasteiger partial charge in [0, 0.05) is 12.6 Å². The minimum absolute atomic E-state index is 0.0582. The van der Waals surface area contributed by atoms with E-state index in [0.29, 0.717) is 18.4 Å². The Morgan fingerprint density at radius 3 is 2.12 bits per heavy atom. The van der Waals surface area contributed by atoms with E-state index >= 15 is 0 Å². The van der Waals surface area contributed by atoms with Crippen molar-refractivity contribution in [3.8, 4) is 0 Å². The molecule has 0 aromatic rings. The molecule has 0 spiro atoms. The van der Waals surface area contributed by atoms with Crippen molar-refractivity contribution >= 4 is 0 Å². The summed E-state index contributed by atoms with van der Waals surface area (Å²) in [5.74, 6) is 0.862. The Morgan fingerprint density at radius 2 is 1.81 bits per heavy atom. The van der Waals surface area contributed by atoms with Crippen LogP contribution in [0, 0.1) is 11.8 Å². The molecule has 1 fully saturated rings. The number of alkyl halides is 3. The highest BCUT2D eigenvalue weighted by Crippen LogP contribution is 2.22. The highest BCUT2D eigenvalue weighted by Gasteiger charge is 2.34. The van der Waals surface area contributed by atoms with Crippen LogP contribution < -0.4 is 5.32 Å². The van der Waals surface area contributed by atoms with Crippen LogP contribution in [0.25, 0.3) is 0 Å². The number of halogens is 3. The van der Waals surface area contributed by atoms with Gasteiger partial charge < -0.3 is 5.32 Å². The Morgan fingerprint density at radius 1 is 1.25 bits per heavy atom. The van der Waals surface area contributed by atoms with Crippen molar-refractivity contribution in [1.29, 1.82) is 0 Å². The first-order valence-electron chi connectivity index (χ1n) is 5.81. The molecule has 16 heavy (non-hydrogen) atoms. The summed E-state index contributed by atoms with van der Waals surface area (Å²) in [7, 11) is 0. The van der Waals surface area contributed by atoms with Gasteiger partial charge in [-0.1, -0.05) is 6.92 Å². The van der Waals surface area contributed by atoms with Gasteiger partial charge in [0.2, 0.25) is 0 Å². The fourth-order valence-electron chi connectivity index (χ4n) is 1.92. The molecular weight excluding hydrogens is 217 g/mol. The third-order valence-corrected chi connectivity index (χ3v) is 3.25. The van der Waals surface area contributed by atoms with Crippen molar-refractivity contribution < 1.29 is 13.2 Å². The first-order chi connectivity index (χ1) is 7.29. The molecule has 1 aliphatic heterocycles. The second kappa shape index (κ2) is 5.36. The molecule has 1 saturated heterocycles. The molecule has 1 aliphatic rings. The van der Waals surface area contributed by atoms with Crippen LogP contribution in [0.4, 0.5) is 13.2 Å². The van der Waals surface area contributed by atoms with E-state index in [-0.39, 0.29) is 6.04 Å². The standard InChI is InChI=1S/C11H21F3N2/c1-8(2)16(7-11(12,13)14)6-9(3)10-4-15-5-10/h8-10,15H,4-7H2,1-3H3. The molecule has 0 aromatic heterocycles. The van der Waals surface area contributed by atoms with Crippen molar-refractivity contribution in [3.05, 3.63) is 0 Å². The summed E-state index contributed by atoms with van der Waals surface area (Å²) in [5, 5.41) is 3.15. The molecule has 0 aromatic carbocycles. The second-order valence-electron chi connectivity index (χ2n) is 5.03. The van der Waals surface area contributed by atoms with Gasteiger partial charge in [0.15, 0.2) is 0 Å². The molecule has 1 heterocycles. The highest BCUT2D eigenvalue weighted by atomic mass is 19.4. The van der Waals surface area contributed by atoms with Crippen LogP contribution in [0.1, 0.15) is 20.8 Å². The van der Waals surface area contributed by atoms with Crippen LogP contribution in [0.15, 0.2) is 0 Å². The van der Waals surface area contributed by atoms with Crippen LogP contribution in [-0.4, -0.2) is 43.3 Å². The van der Waals surface area contributed by atoms with Crippen molar-refractivity contribution in [2.45, 2.75) is 33.0 Å². The van der Waals surface area contributed by atoms with Gasteiger partial charge in [-0.3, -0.25) is 4.90 Å². The lowest BCUT2D eigenvalue weighted by Crippen LogP contribution is -2.50. The maximum atomic E-state index is 12.4. The molecule has 96 valence electrons. The molecule has 1 unspecified atom stereocenters. The average Bonchev–Trinajstić information content (AvgIpc) is 1.96. The Kier molecular flexibility index (Phi) is 4.62. The summed E-state index contributed by atoms with van der Waals surface area (Å²) < 4.78 is 37.1. The molecule has 0 amide bonds. The monoisotopic (exact) mass is 238 g/mol. The Hall–Kier alpha value is -0.290. The van der Waals surface area contributed by atoms with Crippen LogP contribution in [0.5, 0.6) is 0 Å². The van der Waals surface area contributed by atoms with Gasteiger partial charge in [-0.2, -0.15) is 13.2 Å². The van der Waals surface area contributed by atoms with Crippen LogP contribution in [-0.2, 0) is 0 Å². The lowest BCUT2D eigenvalue weighted by Gasteiger charge is -2.37. The summed E-state index contributed by atoms with van der Waals surface area (Å²) in [6.45, 7) is 7.29. The van der Waals surface area contributed by atoms with Crippen LogP contribution in [0.3, 0.4) is 0 Å². The van der Waals surface area contributed by atoms with Gasteiger partial charge in [-0.15, -0.1) is 0 Å². The molecule has 1 atom stereocenters. The zero-order valence-electron chi connectivity index (χ0n) is 10.1. The molecule has 0 bridgehead atoms. The molecule has 2 nitrogen and oxygen atoms in total. The van der Waals surface area contributed by atoms with Crippen molar-refractivity contribution in [1.82, 2.24) is 10.2 Å². The molecule has 0 aliphatic carbocycles. The van der Waals surface area contributed by atoms with Gasteiger partial charge in [-0.25, -0.2) is 0 Å². The van der Waals surface area contributed by atoms with Gasteiger partial charge in [-0.05, 0) is 38.8 Å². The molecule has 5 heteroatoms. The summed E-state index contributed by atoms with van der Waals surface area (Å²) in [6, 6.07) is -0.0582. The van der Waals surface area contributed by atoms with Gasteiger partial charge in [0.1, 0.15) is 0 Å². The van der Waals surface area contributed by atoms with E-state index < -0.39 is 12.7 Å². The van der Waals surface area contributed by atoms with Gasteiger partial charge >= 0.3 is 6.18 Å². The minimum atomic E-state index is -4.10. The van der Waals surface area contributed by atoms with Crippen molar-refractivity contribution in [3.63, 3.8) is 0 Å². The van der Waals surface area contributed by atoms with E-state index in [1.54, 1.807) is 0 Å². The minimum Gasteiger partial charge on any atom is -0.316 e. The van der Waals surface area contributed by atoms with Crippen molar-refractivity contribution in [2.24, 2.45) is 11.8 Å². The Bertz CT molecular complexity index is 212. The summed E-state index contributed by atoms with van der Waals surface area (Å²) in [4.78, 5) is 1.52. The maximum Gasteiger partial charge on any atom is 0.401 e. The third-order valence-electron chi connectivity index (χ3n) is 3.25. The van der Waals surface area contributed by atoms with E-state index in [0.717, 1.165) is 13.1 Å². The van der Waals surface area contributed by atoms with E-state index in [1.165, 1.54) is 4.90 Å². The third kappa shape index (κ3) is 4.29. The first-order valence-corrected chi connectivity index (χ1v) is 5.81. The average molecular weight is 238 g/mol. The number of nitrogens with zero attached hydrogens (tertiary/aromatic N) is 1. The first kappa shape index (κ1) is 13.8. The van der Waals surface area contributed by atoms with E-state index in [4.69, 9.17) is 0 Å². The molecule has 1 rings (SSSR count). The van der Waals surface area contributed by atoms with Crippen molar-refractivity contribution in [2.75, 3.05) is 26.2 Å². The SMILES string of the molecule is CC(CN(CC(F)(F)F)C(C)C)C1CNC1. The van der Waals surface area contributed by atoms with E-state index in [1.807, 2.05) is 20.8 Å². The normalized spacial score (nSPS) is 20.2. The number of hydrogen-bond donors (Lipinski definition) is 1. The van der Waals surface area contributed by atoms with Gasteiger partial charge in [0.05, 0.1) is 6.54 Å². The predicted octanol–water partition coefficient (Wildman–Crippen LogP) is 2.11. The second-order valence-corrected chi connectivity index (χ2v) is 5.03. The number of rotatable bonds is 5. The Labute approximate surface area is 95.2 Å². The number of nitrogens with one attached hydrogen (secondary N) is 1. The molecule has 1 N–H and O–H groups in total. The summed E-state index contributed by atoms with van der Waals surface area (Å²) in [6.07, 6.45) is -4.10. The zero-order chi connectivity index (χ0) is 12.3. The fraction of sp³-hybridized carbons (Fsp3) is 1.00. The van der Waals surface area contributed by atoms with Crippen LogP contribution >= 0.6 is 0 Å². The molecule has 0 saturated carbocycles. The largest absolute Gasteiger partial charge is 0.401 e. The zero-order valence-corrected chi connectivity index (χ0v) is 10.1. The van der Waals surface area contributed by atoms with E-state index in [2.05, 4.69) is 5.32 Å². The highest BCUT2D eigenvalue weighted by molar-refractivity contribution is 4.82. The predicted molar refractivity (Wildman–Crippen MR) is 58.3 cm³/mol.